The Bertz CT molecular complexity index is 1730. The number of benzene rings is 3. The lowest BCUT2D eigenvalue weighted by Crippen LogP contribution is -2.44. The van der Waals surface area contributed by atoms with Gasteiger partial charge in [-0.1, -0.05) is 73.5 Å². The van der Waals surface area contributed by atoms with Crippen molar-refractivity contribution in [2.75, 3.05) is 0 Å². The molecule has 0 saturated heterocycles. The number of fused-ring (bicyclic) bond motifs is 2. The summed E-state index contributed by atoms with van der Waals surface area (Å²) in [5.74, 6) is -0.741. The molecule has 0 spiro atoms. The van der Waals surface area contributed by atoms with E-state index >= 15 is 0 Å². The van der Waals surface area contributed by atoms with E-state index in [4.69, 9.17) is 25.5 Å². The van der Waals surface area contributed by atoms with Crippen molar-refractivity contribution in [3.8, 4) is 5.75 Å². The number of aryl methyl sites for hydroxylation is 1. The lowest BCUT2D eigenvalue weighted by molar-refractivity contribution is -0.136. The largest absolute Gasteiger partial charge is 0.445 e. The maximum atomic E-state index is 13.5. The molecule has 0 aliphatic heterocycles. The van der Waals surface area contributed by atoms with Crippen molar-refractivity contribution >= 4 is 45.5 Å². The van der Waals surface area contributed by atoms with E-state index < -0.39 is 23.7 Å². The second-order valence-corrected chi connectivity index (χ2v) is 9.77. The van der Waals surface area contributed by atoms with E-state index in [0.29, 0.717) is 11.8 Å². The predicted octanol–water partition coefficient (Wildman–Crippen LogP) is 6.32. The molecule has 1 amide bonds. The first kappa shape index (κ1) is 27.0. The molecule has 0 radical (unpaired) electrons. The van der Waals surface area contributed by atoms with Crippen LogP contribution >= 0.6 is 11.6 Å². The van der Waals surface area contributed by atoms with E-state index in [9.17, 15) is 14.4 Å². The summed E-state index contributed by atoms with van der Waals surface area (Å²) >= 11 is 6.49. The molecule has 3 aromatic carbocycles. The molecular formula is C31H27ClN2O6. The number of H-pyrrole nitrogens is 1. The van der Waals surface area contributed by atoms with Gasteiger partial charge in [0.1, 0.15) is 18.2 Å². The fourth-order valence-corrected chi connectivity index (χ4v) is 4.78. The van der Waals surface area contributed by atoms with E-state index in [-0.39, 0.29) is 29.4 Å². The summed E-state index contributed by atoms with van der Waals surface area (Å²) in [7, 11) is 0. The zero-order valence-electron chi connectivity index (χ0n) is 21.7. The minimum atomic E-state index is -1.10. The van der Waals surface area contributed by atoms with Crippen molar-refractivity contribution in [2.24, 2.45) is 0 Å². The van der Waals surface area contributed by atoms with Gasteiger partial charge in [0.05, 0.1) is 5.02 Å². The van der Waals surface area contributed by atoms with Crippen molar-refractivity contribution in [1.29, 1.82) is 0 Å². The van der Waals surface area contributed by atoms with Gasteiger partial charge in [-0.3, -0.25) is 0 Å². The number of carbonyl (C=O) groups is 2. The van der Waals surface area contributed by atoms with Crippen LogP contribution in [0.5, 0.6) is 5.75 Å². The minimum absolute atomic E-state index is 0.0133. The minimum Gasteiger partial charge on any atom is -0.445 e. The van der Waals surface area contributed by atoms with Crippen molar-refractivity contribution < 1.29 is 23.5 Å². The predicted molar refractivity (Wildman–Crippen MR) is 153 cm³/mol. The molecule has 0 saturated carbocycles. The topological polar surface area (TPSA) is 111 Å². The van der Waals surface area contributed by atoms with Gasteiger partial charge in [0.2, 0.25) is 0 Å². The van der Waals surface area contributed by atoms with Crippen molar-refractivity contribution in [3.05, 3.63) is 111 Å². The van der Waals surface area contributed by atoms with Gasteiger partial charge >= 0.3 is 17.7 Å². The number of nitrogens with one attached hydrogen (secondary N) is 2. The molecule has 0 aliphatic carbocycles. The number of ether oxygens (including phenoxy) is 2. The van der Waals surface area contributed by atoms with E-state index in [1.54, 1.807) is 12.3 Å². The highest BCUT2D eigenvalue weighted by atomic mass is 35.5. The highest BCUT2D eigenvalue weighted by Crippen LogP contribution is 2.32. The number of alkyl carbamates (subject to hydrolysis) is 1. The van der Waals surface area contributed by atoms with Crippen LogP contribution in [-0.2, 0) is 29.0 Å². The fraction of sp³-hybridized carbons (Fsp3) is 0.194. The van der Waals surface area contributed by atoms with Gasteiger partial charge < -0.3 is 24.2 Å². The summed E-state index contributed by atoms with van der Waals surface area (Å²) in [4.78, 5) is 41.5. The van der Waals surface area contributed by atoms with Crippen LogP contribution in [0.3, 0.4) is 0 Å². The summed E-state index contributed by atoms with van der Waals surface area (Å²) in [6, 6.07) is 20.2. The Morgan fingerprint density at radius 2 is 1.77 bits per heavy atom. The number of carbonyl (C=O) groups excluding carboxylic acids is 2. The van der Waals surface area contributed by atoms with Crippen molar-refractivity contribution in [1.82, 2.24) is 10.3 Å². The first-order valence-corrected chi connectivity index (χ1v) is 13.3. The third-order valence-electron chi connectivity index (χ3n) is 6.50. The Hall–Kier alpha value is -4.56. The first-order valence-electron chi connectivity index (χ1n) is 12.9. The summed E-state index contributed by atoms with van der Waals surface area (Å²) in [5.41, 5.74) is 3.06. The summed E-state index contributed by atoms with van der Waals surface area (Å²) in [5, 5.41) is 4.39. The van der Waals surface area contributed by atoms with Gasteiger partial charge in [-0.25, -0.2) is 14.4 Å². The fourth-order valence-electron chi connectivity index (χ4n) is 4.58. The zero-order chi connectivity index (χ0) is 28.1. The van der Waals surface area contributed by atoms with Crippen LogP contribution in [0.4, 0.5) is 4.79 Å². The molecule has 8 nitrogen and oxygen atoms in total. The Kier molecular flexibility index (Phi) is 8.17. The molecule has 9 heteroatoms. The van der Waals surface area contributed by atoms with Gasteiger partial charge in [0.15, 0.2) is 5.75 Å². The number of hydrogen-bond donors (Lipinski definition) is 2. The van der Waals surface area contributed by atoms with Gasteiger partial charge in [-0.05, 0) is 35.2 Å². The van der Waals surface area contributed by atoms with Gasteiger partial charge in [0.25, 0.3) is 0 Å². The second kappa shape index (κ2) is 12.1. The molecular weight excluding hydrogens is 532 g/mol. The third kappa shape index (κ3) is 6.18. The normalized spacial score (nSPS) is 11.8. The van der Waals surface area contributed by atoms with Gasteiger partial charge in [0, 0.05) is 41.0 Å². The first-order chi connectivity index (χ1) is 19.4. The van der Waals surface area contributed by atoms with Crippen molar-refractivity contribution in [2.45, 2.75) is 38.8 Å². The van der Waals surface area contributed by atoms with Crippen LogP contribution in [0.2, 0.25) is 5.02 Å². The van der Waals surface area contributed by atoms with Crippen LogP contribution in [0.1, 0.15) is 30.0 Å². The number of para-hydroxylation sites is 1. The number of aromatic nitrogens is 1. The Labute approximate surface area is 234 Å². The molecule has 0 fully saturated rings. The molecule has 0 aliphatic rings. The number of esters is 1. The number of hydrogen-bond acceptors (Lipinski definition) is 6. The Morgan fingerprint density at radius 1 is 1.00 bits per heavy atom. The zero-order valence-corrected chi connectivity index (χ0v) is 22.5. The highest BCUT2D eigenvalue weighted by molar-refractivity contribution is 6.33. The smallest absolute Gasteiger partial charge is 0.408 e. The molecule has 0 unspecified atom stereocenters. The Balaban J connectivity index is 1.40. The SMILES string of the molecule is CCCc1cc(=O)oc2cc(OC(=O)[C@H](Cc3c[nH]c4ccccc34)NC(=O)OCc3ccccc3)c(Cl)cc12. The molecule has 5 aromatic rings. The summed E-state index contributed by atoms with van der Waals surface area (Å²) in [6.07, 6.45) is 2.64. The van der Waals surface area contributed by atoms with Crippen LogP contribution in [0.25, 0.3) is 21.9 Å². The molecule has 2 N–H and O–H groups in total. The molecule has 40 heavy (non-hydrogen) atoms. The van der Waals surface area contributed by atoms with Gasteiger partial charge in [-0.2, -0.15) is 0 Å². The maximum Gasteiger partial charge on any atom is 0.408 e. The molecule has 1 atom stereocenters. The molecule has 204 valence electrons. The number of aromatic amines is 1. The average molecular weight is 559 g/mol. The van der Waals surface area contributed by atoms with Crippen LogP contribution in [0.15, 0.2) is 88.2 Å². The van der Waals surface area contributed by atoms with Crippen LogP contribution in [0, 0.1) is 0 Å². The van der Waals surface area contributed by atoms with E-state index in [0.717, 1.165) is 34.0 Å². The quantitative estimate of drug-likeness (QED) is 0.124. The lowest BCUT2D eigenvalue weighted by atomic mass is 10.0. The number of rotatable bonds is 9. The van der Waals surface area contributed by atoms with Gasteiger partial charge in [-0.15, -0.1) is 0 Å². The van der Waals surface area contributed by atoms with E-state index in [1.165, 1.54) is 12.1 Å². The molecule has 2 aromatic heterocycles. The molecule has 2 heterocycles. The second-order valence-electron chi connectivity index (χ2n) is 9.36. The van der Waals surface area contributed by atoms with Crippen molar-refractivity contribution in [3.63, 3.8) is 0 Å². The standard InChI is InChI=1S/C31H27ClN2O6/c1-2-8-20-14-29(35)39-27-16-28(24(32)15-23(20)27)40-30(36)26(13-21-17-33-25-12-7-6-11-22(21)25)34-31(37)38-18-19-9-4-3-5-10-19/h3-7,9-12,14-17,26,33H,2,8,13,18H2,1H3,(H,34,37)/t26-/m0/s1. The van der Waals surface area contributed by atoms with E-state index in [1.807, 2.05) is 61.5 Å². The maximum absolute atomic E-state index is 13.5. The molecule has 0 bridgehead atoms. The average Bonchev–Trinajstić information content (AvgIpc) is 3.36. The molecule has 5 rings (SSSR count). The monoisotopic (exact) mass is 558 g/mol. The third-order valence-corrected chi connectivity index (χ3v) is 6.80. The lowest BCUT2D eigenvalue weighted by Gasteiger charge is -2.18. The number of amides is 1. The van der Waals surface area contributed by atoms with Crippen LogP contribution in [-0.4, -0.2) is 23.1 Å². The summed E-state index contributed by atoms with van der Waals surface area (Å²) < 4.78 is 16.4. The van der Waals surface area contributed by atoms with E-state index in [2.05, 4.69) is 10.3 Å². The highest BCUT2D eigenvalue weighted by Gasteiger charge is 2.26. The van der Waals surface area contributed by atoms with Crippen LogP contribution < -0.4 is 15.7 Å². The summed E-state index contributed by atoms with van der Waals surface area (Å²) in [6.45, 7) is 2.04. The Morgan fingerprint density at radius 3 is 2.58 bits per heavy atom. The number of halogens is 1.